The van der Waals surface area contributed by atoms with Crippen LogP contribution in [-0.4, -0.2) is 49.2 Å². The van der Waals surface area contributed by atoms with Gasteiger partial charge in [0, 0.05) is 24.7 Å². The number of fused-ring (bicyclic) bond motifs is 1. The third-order valence-electron chi connectivity index (χ3n) is 4.04. The first-order chi connectivity index (χ1) is 9.72. The van der Waals surface area contributed by atoms with Crippen molar-refractivity contribution in [2.24, 2.45) is 0 Å². The van der Waals surface area contributed by atoms with Crippen LogP contribution in [0.2, 0.25) is 0 Å². The Morgan fingerprint density at radius 3 is 3.25 bits per heavy atom. The number of carbonyl (C=O) groups is 1. The van der Waals surface area contributed by atoms with Crippen LogP contribution in [0.3, 0.4) is 0 Å². The first-order valence-corrected chi connectivity index (χ1v) is 7.12. The Labute approximate surface area is 117 Å². The van der Waals surface area contributed by atoms with Crippen LogP contribution in [0, 0.1) is 5.82 Å². The van der Waals surface area contributed by atoms with Crippen molar-refractivity contribution >= 4 is 5.91 Å². The number of nitrogens with zero attached hydrogens (tertiary/aromatic N) is 1. The molecule has 20 heavy (non-hydrogen) atoms. The van der Waals surface area contributed by atoms with Crippen molar-refractivity contribution in [1.29, 1.82) is 0 Å². The highest BCUT2D eigenvalue weighted by atomic mass is 19.1. The second-order valence-corrected chi connectivity index (χ2v) is 5.47. The highest BCUT2D eigenvalue weighted by Gasteiger charge is 2.32. The predicted octanol–water partition coefficient (Wildman–Crippen LogP) is 1.42. The lowest BCUT2D eigenvalue weighted by Gasteiger charge is -2.35. The van der Waals surface area contributed by atoms with Gasteiger partial charge in [-0.2, -0.15) is 0 Å². The highest BCUT2D eigenvalue weighted by molar-refractivity contribution is 5.94. The summed E-state index contributed by atoms with van der Waals surface area (Å²) in [5.74, 6) is -0.650. The summed E-state index contributed by atoms with van der Waals surface area (Å²) in [5.41, 5.74) is 0.347. The molecule has 0 aliphatic carbocycles. The van der Waals surface area contributed by atoms with Gasteiger partial charge in [0.05, 0.1) is 12.7 Å². The summed E-state index contributed by atoms with van der Waals surface area (Å²) in [6, 6.07) is 6.28. The van der Waals surface area contributed by atoms with Crippen molar-refractivity contribution in [1.82, 2.24) is 10.2 Å². The fourth-order valence-corrected chi connectivity index (χ4v) is 2.95. The number of nitrogens with one attached hydrogen (secondary N) is 1. The summed E-state index contributed by atoms with van der Waals surface area (Å²) in [6.07, 6.45) is 2.47. The Morgan fingerprint density at radius 1 is 1.50 bits per heavy atom. The molecular weight excluding hydrogens is 259 g/mol. The minimum absolute atomic E-state index is 0.0295. The molecule has 0 unspecified atom stereocenters. The molecule has 2 saturated heterocycles. The number of hydrogen-bond acceptors (Lipinski definition) is 3. The normalized spacial score (nSPS) is 26.2. The maximum absolute atomic E-state index is 13.1. The number of morpholine rings is 1. The van der Waals surface area contributed by atoms with Crippen molar-refractivity contribution in [3.63, 3.8) is 0 Å². The molecule has 2 aliphatic heterocycles. The molecule has 4 nitrogen and oxygen atoms in total. The standard InChI is InChI=1S/C15H19FN2O2/c16-12-4-1-3-11(7-12)15(19)17-8-14-9-18-6-2-5-13(18)10-20-14/h1,3-4,7,13-14H,2,5-6,8-10H2,(H,17,19)/t13-,14+/m0/s1. The van der Waals surface area contributed by atoms with Gasteiger partial charge in [0.2, 0.25) is 0 Å². The van der Waals surface area contributed by atoms with Gasteiger partial charge in [-0.15, -0.1) is 0 Å². The number of hydrogen-bond donors (Lipinski definition) is 1. The van der Waals surface area contributed by atoms with E-state index in [-0.39, 0.29) is 12.0 Å². The van der Waals surface area contributed by atoms with Crippen molar-refractivity contribution < 1.29 is 13.9 Å². The van der Waals surface area contributed by atoms with Gasteiger partial charge in [0.25, 0.3) is 5.91 Å². The summed E-state index contributed by atoms with van der Waals surface area (Å²) in [7, 11) is 0. The van der Waals surface area contributed by atoms with E-state index in [1.54, 1.807) is 6.07 Å². The Balaban J connectivity index is 1.51. The van der Waals surface area contributed by atoms with Crippen LogP contribution >= 0.6 is 0 Å². The van der Waals surface area contributed by atoms with Crippen molar-refractivity contribution in [3.05, 3.63) is 35.6 Å². The van der Waals surface area contributed by atoms with E-state index < -0.39 is 5.82 Å². The van der Waals surface area contributed by atoms with Crippen molar-refractivity contribution in [3.8, 4) is 0 Å². The zero-order valence-electron chi connectivity index (χ0n) is 11.3. The van der Waals surface area contributed by atoms with Crippen molar-refractivity contribution in [2.75, 3.05) is 26.2 Å². The first-order valence-electron chi connectivity index (χ1n) is 7.12. The third-order valence-corrected chi connectivity index (χ3v) is 4.04. The molecule has 0 aromatic heterocycles. The molecule has 0 saturated carbocycles. The lowest BCUT2D eigenvalue weighted by atomic mass is 10.1. The first kappa shape index (κ1) is 13.5. The summed E-state index contributed by atoms with van der Waals surface area (Å²) in [6.45, 7) is 3.22. The summed E-state index contributed by atoms with van der Waals surface area (Å²) < 4.78 is 18.8. The van der Waals surface area contributed by atoms with Crippen LogP contribution in [-0.2, 0) is 4.74 Å². The number of amides is 1. The molecule has 1 aromatic rings. The molecule has 2 aliphatic rings. The second-order valence-electron chi connectivity index (χ2n) is 5.47. The average Bonchev–Trinajstić information content (AvgIpc) is 2.92. The fourth-order valence-electron chi connectivity index (χ4n) is 2.95. The molecule has 2 atom stereocenters. The Bertz CT molecular complexity index is 495. The monoisotopic (exact) mass is 278 g/mol. The molecule has 2 heterocycles. The van der Waals surface area contributed by atoms with Crippen LogP contribution in [0.5, 0.6) is 0 Å². The van der Waals surface area contributed by atoms with E-state index in [1.165, 1.54) is 31.0 Å². The van der Waals surface area contributed by atoms with E-state index in [0.717, 1.165) is 19.7 Å². The minimum atomic E-state index is -0.397. The number of ether oxygens (including phenoxy) is 1. The molecule has 2 fully saturated rings. The fraction of sp³-hybridized carbons (Fsp3) is 0.533. The largest absolute Gasteiger partial charge is 0.373 e. The van der Waals surface area contributed by atoms with Crippen molar-refractivity contribution in [2.45, 2.75) is 25.0 Å². The van der Waals surface area contributed by atoms with Gasteiger partial charge >= 0.3 is 0 Å². The zero-order chi connectivity index (χ0) is 13.9. The topological polar surface area (TPSA) is 41.6 Å². The SMILES string of the molecule is O=C(NC[C@@H]1CN2CCC[C@H]2CO1)c1cccc(F)c1. The van der Waals surface area contributed by atoms with E-state index in [1.807, 2.05) is 0 Å². The average molecular weight is 278 g/mol. The van der Waals surface area contributed by atoms with Crippen LogP contribution in [0.15, 0.2) is 24.3 Å². The number of rotatable bonds is 3. The van der Waals surface area contributed by atoms with Gasteiger partial charge in [-0.1, -0.05) is 6.07 Å². The lowest BCUT2D eigenvalue weighted by Crippen LogP contribution is -2.50. The second kappa shape index (κ2) is 5.89. The van der Waals surface area contributed by atoms with E-state index >= 15 is 0 Å². The lowest BCUT2D eigenvalue weighted by molar-refractivity contribution is -0.0461. The van der Waals surface area contributed by atoms with Gasteiger partial charge in [-0.05, 0) is 37.6 Å². The molecule has 0 radical (unpaired) electrons. The molecule has 0 bridgehead atoms. The van der Waals surface area contributed by atoms with E-state index in [0.29, 0.717) is 18.2 Å². The molecule has 5 heteroatoms. The van der Waals surface area contributed by atoms with Gasteiger partial charge in [-0.25, -0.2) is 4.39 Å². The molecule has 1 amide bonds. The maximum Gasteiger partial charge on any atom is 0.251 e. The molecule has 0 spiro atoms. The zero-order valence-corrected chi connectivity index (χ0v) is 11.3. The predicted molar refractivity (Wildman–Crippen MR) is 73.1 cm³/mol. The quantitative estimate of drug-likeness (QED) is 0.909. The highest BCUT2D eigenvalue weighted by Crippen LogP contribution is 2.22. The minimum Gasteiger partial charge on any atom is -0.373 e. The van der Waals surface area contributed by atoms with Crippen LogP contribution in [0.1, 0.15) is 23.2 Å². The number of carbonyl (C=O) groups excluding carboxylic acids is 1. The maximum atomic E-state index is 13.1. The molecule has 108 valence electrons. The van der Waals surface area contributed by atoms with E-state index in [4.69, 9.17) is 4.74 Å². The smallest absolute Gasteiger partial charge is 0.251 e. The van der Waals surface area contributed by atoms with Crippen LogP contribution < -0.4 is 5.32 Å². The van der Waals surface area contributed by atoms with E-state index in [9.17, 15) is 9.18 Å². The Hall–Kier alpha value is -1.46. The van der Waals surface area contributed by atoms with Gasteiger partial charge in [0.1, 0.15) is 5.82 Å². The molecule has 3 rings (SSSR count). The van der Waals surface area contributed by atoms with Crippen LogP contribution in [0.25, 0.3) is 0 Å². The van der Waals surface area contributed by atoms with Crippen LogP contribution in [0.4, 0.5) is 4.39 Å². The number of halogens is 1. The Kier molecular flexibility index (Phi) is 3.98. The Morgan fingerprint density at radius 2 is 2.40 bits per heavy atom. The van der Waals surface area contributed by atoms with Gasteiger partial charge < -0.3 is 10.1 Å². The van der Waals surface area contributed by atoms with Gasteiger partial charge in [-0.3, -0.25) is 9.69 Å². The molecule has 1 aromatic carbocycles. The van der Waals surface area contributed by atoms with Gasteiger partial charge in [0.15, 0.2) is 0 Å². The summed E-state index contributed by atoms with van der Waals surface area (Å²) >= 11 is 0. The summed E-state index contributed by atoms with van der Waals surface area (Å²) in [4.78, 5) is 14.4. The third kappa shape index (κ3) is 2.99. The molecular formula is C15H19FN2O2. The summed E-state index contributed by atoms with van der Waals surface area (Å²) in [5, 5.41) is 2.82. The molecule has 1 N–H and O–H groups in total. The number of benzene rings is 1. The van der Waals surface area contributed by atoms with E-state index in [2.05, 4.69) is 10.2 Å².